The van der Waals surface area contributed by atoms with Crippen molar-refractivity contribution >= 4 is 33.6 Å². The number of hydrogen-bond acceptors (Lipinski definition) is 4. The van der Waals surface area contributed by atoms with E-state index in [1.54, 1.807) is 19.2 Å². The number of aliphatic hydroxyl groups is 1. The number of rotatable bonds is 7. The Morgan fingerprint density at radius 3 is 2.57 bits per heavy atom. The van der Waals surface area contributed by atoms with Crippen LogP contribution in [0.1, 0.15) is 37.7 Å². The summed E-state index contributed by atoms with van der Waals surface area (Å²) in [7, 11) is 0. The van der Waals surface area contributed by atoms with Crippen LogP contribution < -0.4 is 10.6 Å². The minimum absolute atomic E-state index is 0.160. The molecule has 148 valence electrons. The number of carbonyl (C=O) groups excluding carboxylic acids is 2. The van der Waals surface area contributed by atoms with Crippen molar-refractivity contribution in [2.24, 2.45) is 5.92 Å². The van der Waals surface area contributed by atoms with Gasteiger partial charge < -0.3 is 20.7 Å². The third kappa shape index (κ3) is 4.31. The van der Waals surface area contributed by atoms with Gasteiger partial charge in [-0.05, 0) is 31.4 Å². The summed E-state index contributed by atoms with van der Waals surface area (Å²) in [6.45, 7) is 5.52. The minimum Gasteiger partial charge on any atom is -0.394 e. The standard InChI is InChI=1S/C21H26N4O3/c1-12(2)8-18(21(28)23-13(3)11-26)25-20(27)17-9-15-14-6-4-5-7-16(14)24-19(15)10-22-17/h4-7,9-10,12-13,18,24,26H,8,11H2,1-3H3,(H,23,28)(H,25,27). The highest BCUT2D eigenvalue weighted by Crippen LogP contribution is 2.25. The minimum atomic E-state index is -0.693. The van der Waals surface area contributed by atoms with Crippen molar-refractivity contribution in [3.63, 3.8) is 0 Å². The molecule has 0 aliphatic carbocycles. The topological polar surface area (TPSA) is 107 Å². The van der Waals surface area contributed by atoms with E-state index in [1.165, 1.54) is 0 Å². The number of amides is 2. The Kier molecular flexibility index (Phi) is 5.94. The van der Waals surface area contributed by atoms with Gasteiger partial charge in [0.05, 0.1) is 18.3 Å². The van der Waals surface area contributed by atoms with E-state index in [-0.39, 0.29) is 30.2 Å². The molecule has 2 amide bonds. The number of carbonyl (C=O) groups is 2. The molecule has 0 saturated heterocycles. The fourth-order valence-corrected chi connectivity index (χ4v) is 3.20. The Hall–Kier alpha value is -2.93. The van der Waals surface area contributed by atoms with E-state index in [0.29, 0.717) is 6.42 Å². The molecule has 0 fully saturated rings. The lowest BCUT2D eigenvalue weighted by molar-refractivity contribution is -0.124. The number of hydrogen-bond donors (Lipinski definition) is 4. The zero-order valence-electron chi connectivity index (χ0n) is 16.3. The fraction of sp³-hybridized carbons (Fsp3) is 0.381. The number of pyridine rings is 1. The lowest BCUT2D eigenvalue weighted by Gasteiger charge is -2.22. The van der Waals surface area contributed by atoms with E-state index in [1.807, 2.05) is 38.1 Å². The Labute approximate surface area is 163 Å². The van der Waals surface area contributed by atoms with Crippen LogP contribution in [0.3, 0.4) is 0 Å². The van der Waals surface area contributed by atoms with Gasteiger partial charge in [0.15, 0.2) is 0 Å². The maximum atomic E-state index is 12.8. The maximum Gasteiger partial charge on any atom is 0.270 e. The molecule has 2 aromatic heterocycles. The fourth-order valence-electron chi connectivity index (χ4n) is 3.20. The van der Waals surface area contributed by atoms with Crippen molar-refractivity contribution in [2.45, 2.75) is 39.3 Å². The zero-order chi connectivity index (χ0) is 20.3. The summed E-state index contributed by atoms with van der Waals surface area (Å²) >= 11 is 0. The first-order chi connectivity index (χ1) is 13.4. The van der Waals surface area contributed by atoms with Crippen LogP contribution in [0.2, 0.25) is 0 Å². The zero-order valence-corrected chi connectivity index (χ0v) is 16.3. The summed E-state index contributed by atoms with van der Waals surface area (Å²) in [5.74, 6) is -0.494. The Balaban J connectivity index is 1.84. The average Bonchev–Trinajstić information content (AvgIpc) is 3.04. The third-order valence-corrected chi connectivity index (χ3v) is 4.61. The predicted octanol–water partition coefficient (Wildman–Crippen LogP) is 2.36. The first-order valence-corrected chi connectivity index (χ1v) is 9.47. The molecule has 2 heterocycles. The molecule has 3 aromatic rings. The Morgan fingerprint density at radius 2 is 1.86 bits per heavy atom. The van der Waals surface area contributed by atoms with Crippen LogP contribution in [0.15, 0.2) is 36.5 Å². The van der Waals surface area contributed by atoms with E-state index >= 15 is 0 Å². The molecule has 2 atom stereocenters. The molecule has 0 bridgehead atoms. The molecule has 0 aliphatic heterocycles. The molecule has 0 radical (unpaired) electrons. The number of benzene rings is 1. The van der Waals surface area contributed by atoms with Crippen LogP contribution >= 0.6 is 0 Å². The van der Waals surface area contributed by atoms with Gasteiger partial charge in [0, 0.05) is 22.3 Å². The number of nitrogens with zero attached hydrogens (tertiary/aromatic N) is 1. The predicted molar refractivity (Wildman–Crippen MR) is 109 cm³/mol. The third-order valence-electron chi connectivity index (χ3n) is 4.61. The molecule has 0 saturated carbocycles. The molecule has 28 heavy (non-hydrogen) atoms. The summed E-state index contributed by atoms with van der Waals surface area (Å²) < 4.78 is 0. The second-order valence-electron chi connectivity index (χ2n) is 7.53. The van der Waals surface area contributed by atoms with Gasteiger partial charge in [-0.1, -0.05) is 32.0 Å². The first kappa shape index (κ1) is 19.8. The van der Waals surface area contributed by atoms with Crippen molar-refractivity contribution in [2.75, 3.05) is 6.61 Å². The van der Waals surface area contributed by atoms with Crippen LogP contribution in [0, 0.1) is 5.92 Å². The van der Waals surface area contributed by atoms with Gasteiger partial charge in [-0.15, -0.1) is 0 Å². The molecule has 0 aliphatic rings. The van der Waals surface area contributed by atoms with Gasteiger partial charge in [-0.3, -0.25) is 9.59 Å². The van der Waals surface area contributed by atoms with Crippen molar-refractivity contribution in [3.05, 3.63) is 42.2 Å². The molecule has 4 N–H and O–H groups in total. The van der Waals surface area contributed by atoms with E-state index in [2.05, 4.69) is 20.6 Å². The second-order valence-corrected chi connectivity index (χ2v) is 7.53. The molecule has 3 rings (SSSR count). The summed E-state index contributed by atoms with van der Waals surface area (Å²) in [5.41, 5.74) is 2.09. The Morgan fingerprint density at radius 1 is 1.11 bits per heavy atom. The average molecular weight is 382 g/mol. The molecular weight excluding hydrogens is 356 g/mol. The smallest absolute Gasteiger partial charge is 0.270 e. The number of aromatic nitrogens is 2. The number of aromatic amines is 1. The number of nitrogens with one attached hydrogen (secondary N) is 3. The number of aliphatic hydroxyl groups excluding tert-OH is 1. The largest absolute Gasteiger partial charge is 0.394 e. The van der Waals surface area contributed by atoms with Crippen molar-refractivity contribution in [1.82, 2.24) is 20.6 Å². The van der Waals surface area contributed by atoms with Crippen molar-refractivity contribution < 1.29 is 14.7 Å². The Bertz CT molecular complexity index is 996. The van der Waals surface area contributed by atoms with Gasteiger partial charge in [0.25, 0.3) is 5.91 Å². The highest BCUT2D eigenvalue weighted by molar-refractivity contribution is 6.09. The van der Waals surface area contributed by atoms with Crippen LogP contribution in [0.4, 0.5) is 0 Å². The highest BCUT2D eigenvalue weighted by Gasteiger charge is 2.24. The lowest BCUT2D eigenvalue weighted by atomic mass is 10.0. The quantitative estimate of drug-likeness (QED) is 0.503. The number of para-hydroxylation sites is 1. The van der Waals surface area contributed by atoms with Crippen LogP contribution in [-0.4, -0.2) is 45.6 Å². The van der Waals surface area contributed by atoms with Gasteiger partial charge in [-0.2, -0.15) is 0 Å². The summed E-state index contributed by atoms with van der Waals surface area (Å²) in [6, 6.07) is 8.52. The summed E-state index contributed by atoms with van der Waals surface area (Å²) in [4.78, 5) is 32.8. The van der Waals surface area contributed by atoms with Crippen LogP contribution in [0.25, 0.3) is 21.8 Å². The van der Waals surface area contributed by atoms with Crippen LogP contribution in [-0.2, 0) is 4.79 Å². The number of H-pyrrole nitrogens is 1. The van der Waals surface area contributed by atoms with Gasteiger partial charge >= 0.3 is 0 Å². The van der Waals surface area contributed by atoms with E-state index in [4.69, 9.17) is 5.11 Å². The SMILES string of the molecule is CC(C)CC(NC(=O)c1cc2c(cn1)[nH]c1ccccc12)C(=O)NC(C)CO. The van der Waals surface area contributed by atoms with Crippen molar-refractivity contribution in [1.29, 1.82) is 0 Å². The van der Waals surface area contributed by atoms with Crippen LogP contribution in [0.5, 0.6) is 0 Å². The molecule has 7 heteroatoms. The van der Waals surface area contributed by atoms with Gasteiger partial charge in [0.1, 0.15) is 11.7 Å². The van der Waals surface area contributed by atoms with Gasteiger partial charge in [0.2, 0.25) is 5.91 Å². The van der Waals surface area contributed by atoms with E-state index in [9.17, 15) is 9.59 Å². The lowest BCUT2D eigenvalue weighted by Crippen LogP contribution is -2.50. The molecule has 1 aromatic carbocycles. The highest BCUT2D eigenvalue weighted by atomic mass is 16.3. The maximum absolute atomic E-state index is 12.8. The monoisotopic (exact) mass is 382 g/mol. The molecular formula is C21H26N4O3. The molecule has 7 nitrogen and oxygen atoms in total. The molecule has 2 unspecified atom stereocenters. The number of fused-ring (bicyclic) bond motifs is 3. The normalized spacial score (nSPS) is 13.6. The molecule has 0 spiro atoms. The van der Waals surface area contributed by atoms with Crippen molar-refractivity contribution in [3.8, 4) is 0 Å². The van der Waals surface area contributed by atoms with E-state index < -0.39 is 11.9 Å². The van der Waals surface area contributed by atoms with Gasteiger partial charge in [-0.25, -0.2) is 4.98 Å². The summed E-state index contributed by atoms with van der Waals surface area (Å²) in [5, 5.41) is 16.6. The first-order valence-electron chi connectivity index (χ1n) is 9.47. The summed E-state index contributed by atoms with van der Waals surface area (Å²) in [6.07, 6.45) is 2.13. The van der Waals surface area contributed by atoms with E-state index in [0.717, 1.165) is 21.8 Å². The second kappa shape index (κ2) is 8.39.